The van der Waals surface area contributed by atoms with Crippen molar-refractivity contribution in [3.05, 3.63) is 65.4 Å². The molecule has 0 spiro atoms. The third-order valence-electron chi connectivity index (χ3n) is 6.05. The van der Waals surface area contributed by atoms with Gasteiger partial charge in [0.1, 0.15) is 18.9 Å². The van der Waals surface area contributed by atoms with Gasteiger partial charge in [0.05, 0.1) is 28.8 Å². The lowest BCUT2D eigenvalue weighted by atomic mass is 9.96. The van der Waals surface area contributed by atoms with Gasteiger partial charge >= 0.3 is 0 Å². The Kier molecular flexibility index (Phi) is 15.7. The van der Waals surface area contributed by atoms with Crippen molar-refractivity contribution in [3.63, 3.8) is 0 Å². The number of fused-ring (bicyclic) bond motifs is 1. The summed E-state index contributed by atoms with van der Waals surface area (Å²) in [5.41, 5.74) is 5.08. The van der Waals surface area contributed by atoms with Crippen molar-refractivity contribution < 1.29 is 23.0 Å². The van der Waals surface area contributed by atoms with Gasteiger partial charge in [-0.2, -0.15) is 0 Å². The zero-order chi connectivity index (χ0) is 33.0. The molecular weight excluding hydrogens is 546 g/mol. The van der Waals surface area contributed by atoms with Crippen molar-refractivity contribution in [2.45, 2.75) is 131 Å². The van der Waals surface area contributed by atoms with Crippen LogP contribution in [0.25, 0.3) is 11.0 Å². The molecule has 0 aliphatic rings. The summed E-state index contributed by atoms with van der Waals surface area (Å²) in [5, 5.41) is 0. The first-order valence-electron chi connectivity index (χ1n) is 15.5. The lowest BCUT2D eigenvalue weighted by molar-refractivity contribution is -0.158. The normalized spacial score (nSPS) is 12.1. The third-order valence-corrected chi connectivity index (χ3v) is 6.05. The van der Waals surface area contributed by atoms with Crippen LogP contribution in [0, 0.1) is 0 Å². The SMILES string of the molecule is CC(C)OCC(F)(F)COC(C)(C)C.CC(C)Oc1nc2ccccc2nc1C(C)C.CC(C)c1cccc(C(C)C)c1. The number of hydrogen-bond donors (Lipinski definition) is 0. The van der Waals surface area contributed by atoms with Crippen LogP contribution in [0.1, 0.15) is 125 Å². The van der Waals surface area contributed by atoms with Crippen LogP contribution < -0.4 is 4.74 Å². The third kappa shape index (κ3) is 15.6. The van der Waals surface area contributed by atoms with Gasteiger partial charge in [-0.15, -0.1) is 0 Å². The summed E-state index contributed by atoms with van der Waals surface area (Å²) in [6.07, 6.45) is -0.0709. The first kappa shape index (κ1) is 38.4. The molecule has 0 amide bonds. The predicted octanol–water partition coefficient (Wildman–Crippen LogP) is 10.3. The highest BCUT2D eigenvalue weighted by atomic mass is 19.3. The summed E-state index contributed by atoms with van der Waals surface area (Å²) >= 11 is 0. The van der Waals surface area contributed by atoms with Gasteiger partial charge in [-0.3, -0.25) is 0 Å². The second-order valence-corrected chi connectivity index (χ2v) is 13.3. The molecule has 0 bridgehead atoms. The smallest absolute Gasteiger partial charge is 0.293 e. The van der Waals surface area contributed by atoms with Crippen molar-refractivity contribution in [2.24, 2.45) is 0 Å². The Balaban J connectivity index is 0.000000328. The van der Waals surface area contributed by atoms with E-state index >= 15 is 0 Å². The Morgan fingerprint density at radius 2 is 1.16 bits per heavy atom. The first-order chi connectivity index (χ1) is 19.8. The topological polar surface area (TPSA) is 53.5 Å². The van der Waals surface area contributed by atoms with Gasteiger partial charge in [0.2, 0.25) is 5.88 Å². The number of halogens is 2. The number of para-hydroxylation sites is 2. The lowest BCUT2D eigenvalue weighted by Crippen LogP contribution is -2.35. The largest absolute Gasteiger partial charge is 0.474 e. The fourth-order valence-electron chi connectivity index (χ4n) is 3.61. The highest BCUT2D eigenvalue weighted by Crippen LogP contribution is 2.26. The van der Waals surface area contributed by atoms with Gasteiger partial charge in [-0.1, -0.05) is 77.9 Å². The fraction of sp³-hybridized carbons (Fsp3) is 0.611. The molecule has 0 radical (unpaired) electrons. The lowest BCUT2D eigenvalue weighted by Gasteiger charge is -2.24. The van der Waals surface area contributed by atoms with E-state index in [2.05, 4.69) is 75.8 Å². The Morgan fingerprint density at radius 3 is 1.58 bits per heavy atom. The Hall–Kier alpha value is -2.64. The van der Waals surface area contributed by atoms with Crippen LogP contribution in [0.3, 0.4) is 0 Å². The average Bonchev–Trinajstić information content (AvgIpc) is 2.90. The molecule has 7 heteroatoms. The van der Waals surface area contributed by atoms with E-state index in [1.165, 1.54) is 11.1 Å². The van der Waals surface area contributed by atoms with E-state index in [4.69, 9.17) is 14.2 Å². The van der Waals surface area contributed by atoms with Crippen molar-refractivity contribution in [1.82, 2.24) is 9.97 Å². The molecule has 1 heterocycles. The highest BCUT2D eigenvalue weighted by Gasteiger charge is 2.32. The highest BCUT2D eigenvalue weighted by molar-refractivity contribution is 5.74. The van der Waals surface area contributed by atoms with Crippen LogP contribution in [0.4, 0.5) is 8.78 Å². The summed E-state index contributed by atoms with van der Waals surface area (Å²) in [4.78, 5) is 9.19. The Bertz CT molecular complexity index is 1200. The molecule has 0 saturated carbocycles. The van der Waals surface area contributed by atoms with Crippen molar-refractivity contribution in [1.29, 1.82) is 0 Å². The van der Waals surface area contributed by atoms with E-state index in [0.717, 1.165) is 16.7 Å². The van der Waals surface area contributed by atoms with Crippen molar-refractivity contribution >= 4 is 11.0 Å². The second-order valence-electron chi connectivity index (χ2n) is 13.3. The molecule has 0 atom stereocenters. The zero-order valence-corrected chi connectivity index (χ0v) is 28.8. The molecule has 242 valence electrons. The molecule has 0 N–H and O–H groups in total. The van der Waals surface area contributed by atoms with Crippen LogP contribution in [-0.2, 0) is 9.47 Å². The summed E-state index contributed by atoms with van der Waals surface area (Å²) in [6.45, 7) is 24.6. The summed E-state index contributed by atoms with van der Waals surface area (Å²) in [5.74, 6) is -0.653. The molecule has 5 nitrogen and oxygen atoms in total. The standard InChI is InChI=1S/C14H18N2O.C12H18.C10H20F2O2/c1-9(2)13-14(17-10(3)4)16-12-8-6-5-7-11(12)15-13;1-9(2)11-6-5-7-12(8-11)10(3)4;1-8(2)13-6-10(11,12)7-14-9(3,4)5/h5-10H,1-4H3;5-10H,1-4H3;8H,6-7H2,1-5H3. The van der Waals surface area contributed by atoms with E-state index in [1.807, 2.05) is 38.1 Å². The van der Waals surface area contributed by atoms with E-state index in [1.54, 1.807) is 34.6 Å². The number of aromatic nitrogens is 2. The fourth-order valence-corrected chi connectivity index (χ4v) is 3.61. The van der Waals surface area contributed by atoms with Gasteiger partial charge in [-0.05, 0) is 83.6 Å². The van der Waals surface area contributed by atoms with Crippen LogP contribution in [-0.4, -0.2) is 46.9 Å². The van der Waals surface area contributed by atoms with Crippen LogP contribution in [0.5, 0.6) is 5.88 Å². The van der Waals surface area contributed by atoms with E-state index < -0.39 is 24.7 Å². The average molecular weight is 603 g/mol. The molecule has 3 aromatic rings. The Labute approximate surface area is 259 Å². The number of rotatable bonds is 10. The molecule has 2 aromatic carbocycles. The molecular formula is C36H56F2N2O3. The van der Waals surface area contributed by atoms with Crippen LogP contribution >= 0.6 is 0 Å². The minimum absolute atomic E-state index is 0.114. The van der Waals surface area contributed by atoms with Gasteiger partial charge < -0.3 is 14.2 Å². The number of benzene rings is 2. The van der Waals surface area contributed by atoms with Gasteiger partial charge in [-0.25, -0.2) is 18.7 Å². The number of hydrogen-bond acceptors (Lipinski definition) is 5. The van der Waals surface area contributed by atoms with E-state index in [0.29, 0.717) is 23.6 Å². The van der Waals surface area contributed by atoms with Gasteiger partial charge in [0, 0.05) is 5.92 Å². The van der Waals surface area contributed by atoms with Gasteiger partial charge in [0.15, 0.2) is 0 Å². The van der Waals surface area contributed by atoms with E-state index in [-0.39, 0.29) is 12.2 Å². The number of alkyl halides is 2. The maximum atomic E-state index is 13.1. The minimum Gasteiger partial charge on any atom is -0.474 e. The van der Waals surface area contributed by atoms with Crippen LogP contribution in [0.2, 0.25) is 0 Å². The molecule has 0 unspecified atom stereocenters. The molecule has 3 rings (SSSR count). The monoisotopic (exact) mass is 602 g/mol. The minimum atomic E-state index is -2.91. The maximum Gasteiger partial charge on any atom is 0.293 e. The van der Waals surface area contributed by atoms with Crippen molar-refractivity contribution in [2.75, 3.05) is 13.2 Å². The first-order valence-corrected chi connectivity index (χ1v) is 15.5. The molecule has 0 aliphatic heterocycles. The predicted molar refractivity (Wildman–Crippen MR) is 176 cm³/mol. The second kappa shape index (κ2) is 17.6. The molecule has 43 heavy (non-hydrogen) atoms. The van der Waals surface area contributed by atoms with Gasteiger partial charge in [0.25, 0.3) is 5.92 Å². The van der Waals surface area contributed by atoms with Crippen LogP contribution in [0.15, 0.2) is 48.5 Å². The van der Waals surface area contributed by atoms with Crippen molar-refractivity contribution in [3.8, 4) is 5.88 Å². The Morgan fingerprint density at radius 1 is 0.651 bits per heavy atom. The number of ether oxygens (including phenoxy) is 3. The molecule has 1 aromatic heterocycles. The molecule has 0 fully saturated rings. The number of nitrogens with zero attached hydrogens (tertiary/aromatic N) is 2. The molecule has 0 aliphatic carbocycles. The quantitative estimate of drug-likeness (QED) is 0.231. The summed E-state index contributed by atoms with van der Waals surface area (Å²) in [6, 6.07) is 16.8. The summed E-state index contributed by atoms with van der Waals surface area (Å²) < 4.78 is 41.7. The zero-order valence-electron chi connectivity index (χ0n) is 28.8. The maximum absolute atomic E-state index is 13.1. The summed E-state index contributed by atoms with van der Waals surface area (Å²) in [7, 11) is 0. The van der Waals surface area contributed by atoms with E-state index in [9.17, 15) is 8.78 Å². The molecule has 0 saturated heterocycles.